The Kier molecular flexibility index (Phi) is 19.7. The lowest BCUT2D eigenvalue weighted by Crippen LogP contribution is -2.17. The molecule has 0 saturated carbocycles. The van der Waals surface area contributed by atoms with Crippen LogP contribution in [0.15, 0.2) is 0 Å². The Morgan fingerprint density at radius 1 is 0.955 bits per heavy atom. The number of esters is 1. The first-order valence-electron chi connectivity index (χ1n) is 8.33. The van der Waals surface area contributed by atoms with Gasteiger partial charge in [0.25, 0.3) is 0 Å². The van der Waals surface area contributed by atoms with E-state index < -0.39 is 0 Å². The van der Waals surface area contributed by atoms with Crippen LogP contribution in [0.5, 0.6) is 0 Å². The van der Waals surface area contributed by atoms with E-state index in [9.17, 15) is 4.79 Å². The highest BCUT2D eigenvalue weighted by Crippen LogP contribution is 1.97. The first-order chi connectivity index (χ1) is 10.5. The van der Waals surface area contributed by atoms with Crippen molar-refractivity contribution in [3.05, 3.63) is 0 Å². The molecule has 0 N–H and O–H groups in total. The average molecular weight is 320 g/mol. The molecule has 0 spiro atoms. The predicted octanol–water partition coefficient (Wildman–Crippen LogP) is 3.59. The maximum atomic E-state index is 10.3. The molecular weight excluding hydrogens is 284 g/mol. The van der Waals surface area contributed by atoms with Crippen molar-refractivity contribution in [1.82, 2.24) is 0 Å². The quantitative estimate of drug-likeness (QED) is 0.406. The molecule has 0 radical (unpaired) electrons. The van der Waals surface area contributed by atoms with Gasteiger partial charge >= 0.3 is 5.97 Å². The molecule has 0 heterocycles. The minimum atomic E-state index is -0.264. The van der Waals surface area contributed by atoms with Crippen LogP contribution in [0.1, 0.15) is 60.3 Å². The van der Waals surface area contributed by atoms with Gasteiger partial charge in [0.05, 0.1) is 19.3 Å². The van der Waals surface area contributed by atoms with Crippen molar-refractivity contribution < 1.29 is 23.7 Å². The van der Waals surface area contributed by atoms with E-state index >= 15 is 0 Å². The summed E-state index contributed by atoms with van der Waals surface area (Å²) in [6.07, 6.45) is 4.83. The van der Waals surface area contributed by atoms with Crippen LogP contribution < -0.4 is 0 Å². The van der Waals surface area contributed by atoms with Gasteiger partial charge < -0.3 is 18.9 Å². The van der Waals surface area contributed by atoms with Gasteiger partial charge in [0.2, 0.25) is 0 Å². The summed E-state index contributed by atoms with van der Waals surface area (Å²) in [4.78, 5) is 10.3. The van der Waals surface area contributed by atoms with Gasteiger partial charge in [-0.3, -0.25) is 4.79 Å². The van der Waals surface area contributed by atoms with Crippen LogP contribution in [0.25, 0.3) is 0 Å². The topological polar surface area (TPSA) is 54.0 Å². The van der Waals surface area contributed by atoms with Gasteiger partial charge in [-0.2, -0.15) is 0 Å². The van der Waals surface area contributed by atoms with E-state index in [-0.39, 0.29) is 18.2 Å². The van der Waals surface area contributed by atoms with Gasteiger partial charge in [-0.05, 0) is 26.7 Å². The minimum Gasteiger partial charge on any atom is -0.460 e. The third kappa shape index (κ3) is 21.6. The molecule has 0 bridgehead atoms. The lowest BCUT2D eigenvalue weighted by atomic mass is 10.3. The SMILES string of the molecule is CCCCOCC(C)OCCCC.COCC(C)OC(C)=O. The summed E-state index contributed by atoms with van der Waals surface area (Å²) < 4.78 is 20.4. The summed E-state index contributed by atoms with van der Waals surface area (Å²) in [5.74, 6) is -0.264. The van der Waals surface area contributed by atoms with Gasteiger partial charge in [0.1, 0.15) is 6.10 Å². The van der Waals surface area contributed by atoms with E-state index in [4.69, 9.17) is 18.9 Å². The second-order valence-electron chi connectivity index (χ2n) is 5.34. The summed E-state index contributed by atoms with van der Waals surface area (Å²) in [6, 6.07) is 0. The molecule has 0 aliphatic carbocycles. The Hall–Kier alpha value is -0.650. The van der Waals surface area contributed by atoms with Gasteiger partial charge in [0, 0.05) is 27.2 Å². The Morgan fingerprint density at radius 2 is 1.55 bits per heavy atom. The van der Waals surface area contributed by atoms with E-state index in [1.807, 2.05) is 0 Å². The van der Waals surface area contributed by atoms with Gasteiger partial charge in [-0.25, -0.2) is 0 Å². The largest absolute Gasteiger partial charge is 0.460 e. The lowest BCUT2D eigenvalue weighted by molar-refractivity contribution is -0.147. The number of carbonyl (C=O) groups excluding carboxylic acids is 1. The summed E-state index contributed by atoms with van der Waals surface area (Å²) in [6.45, 7) is 12.5. The zero-order valence-corrected chi connectivity index (χ0v) is 15.4. The number of rotatable bonds is 12. The average Bonchev–Trinajstić information content (AvgIpc) is 2.44. The first-order valence-corrected chi connectivity index (χ1v) is 8.33. The van der Waals surface area contributed by atoms with Crippen molar-refractivity contribution in [3.63, 3.8) is 0 Å². The molecule has 2 unspecified atom stereocenters. The van der Waals surface area contributed by atoms with Crippen LogP contribution in [-0.4, -0.2) is 51.7 Å². The predicted molar refractivity (Wildman–Crippen MR) is 89.2 cm³/mol. The van der Waals surface area contributed by atoms with E-state index in [1.54, 1.807) is 14.0 Å². The van der Waals surface area contributed by atoms with Crippen molar-refractivity contribution in [1.29, 1.82) is 0 Å². The van der Waals surface area contributed by atoms with Crippen LogP contribution in [0.2, 0.25) is 0 Å². The number of ether oxygens (including phenoxy) is 4. The molecule has 5 nitrogen and oxygen atoms in total. The Morgan fingerprint density at radius 3 is 2.05 bits per heavy atom. The molecule has 0 aliphatic rings. The Balaban J connectivity index is 0. The van der Waals surface area contributed by atoms with E-state index in [1.165, 1.54) is 19.8 Å². The molecule has 0 rings (SSSR count). The summed E-state index contributed by atoms with van der Waals surface area (Å²) in [7, 11) is 1.57. The zero-order valence-electron chi connectivity index (χ0n) is 15.4. The van der Waals surface area contributed by atoms with E-state index in [0.717, 1.165) is 32.7 Å². The normalized spacial score (nSPS) is 13.0. The second-order valence-corrected chi connectivity index (χ2v) is 5.34. The highest BCUT2D eigenvalue weighted by Gasteiger charge is 2.02. The van der Waals surface area contributed by atoms with Gasteiger partial charge in [-0.1, -0.05) is 26.7 Å². The van der Waals surface area contributed by atoms with E-state index in [0.29, 0.717) is 6.61 Å². The maximum absolute atomic E-state index is 10.3. The van der Waals surface area contributed by atoms with Crippen LogP contribution in [-0.2, 0) is 23.7 Å². The van der Waals surface area contributed by atoms with Crippen LogP contribution in [0.3, 0.4) is 0 Å². The van der Waals surface area contributed by atoms with Crippen LogP contribution in [0, 0.1) is 0 Å². The number of carbonyl (C=O) groups is 1. The van der Waals surface area contributed by atoms with Crippen LogP contribution >= 0.6 is 0 Å². The summed E-state index contributed by atoms with van der Waals surface area (Å²) in [5, 5.41) is 0. The molecular formula is C17H36O5. The smallest absolute Gasteiger partial charge is 0.302 e. The van der Waals surface area contributed by atoms with Gasteiger partial charge in [0.15, 0.2) is 0 Å². The highest BCUT2D eigenvalue weighted by atomic mass is 16.6. The third-order valence-corrected chi connectivity index (χ3v) is 2.66. The fourth-order valence-electron chi connectivity index (χ4n) is 1.52. The molecule has 0 aromatic carbocycles. The zero-order chi connectivity index (χ0) is 17.2. The first kappa shape index (κ1) is 23.6. The maximum Gasteiger partial charge on any atom is 0.302 e. The minimum absolute atomic E-state index is 0.132. The van der Waals surface area contributed by atoms with Crippen molar-refractivity contribution in [2.75, 3.05) is 33.5 Å². The lowest BCUT2D eigenvalue weighted by Gasteiger charge is -2.12. The molecule has 5 heteroatoms. The number of hydrogen-bond acceptors (Lipinski definition) is 5. The molecule has 0 saturated heterocycles. The monoisotopic (exact) mass is 320 g/mol. The standard InChI is InChI=1S/C11H24O2.C6H12O3/c1-4-6-8-12-10-11(3)13-9-7-5-2;1-5(4-8-3)9-6(2)7/h11H,4-10H2,1-3H3;5H,4H2,1-3H3. The Bertz CT molecular complexity index is 233. The Labute approximate surface area is 136 Å². The molecule has 22 heavy (non-hydrogen) atoms. The van der Waals surface area contributed by atoms with Gasteiger partial charge in [-0.15, -0.1) is 0 Å². The molecule has 0 aliphatic heterocycles. The molecule has 134 valence electrons. The van der Waals surface area contributed by atoms with Crippen molar-refractivity contribution in [3.8, 4) is 0 Å². The van der Waals surface area contributed by atoms with Crippen molar-refractivity contribution in [2.45, 2.75) is 72.5 Å². The molecule has 0 aromatic heterocycles. The van der Waals surface area contributed by atoms with Crippen LogP contribution in [0.4, 0.5) is 0 Å². The number of hydrogen-bond donors (Lipinski definition) is 0. The number of unbranched alkanes of at least 4 members (excludes halogenated alkanes) is 2. The van der Waals surface area contributed by atoms with E-state index in [2.05, 4.69) is 20.8 Å². The summed E-state index contributed by atoms with van der Waals surface area (Å²) in [5.41, 5.74) is 0. The van der Waals surface area contributed by atoms with Crippen molar-refractivity contribution >= 4 is 5.97 Å². The molecule has 0 aromatic rings. The number of methoxy groups -OCH3 is 1. The molecule has 2 atom stereocenters. The fraction of sp³-hybridized carbons (Fsp3) is 0.941. The highest BCUT2D eigenvalue weighted by molar-refractivity contribution is 5.66. The summed E-state index contributed by atoms with van der Waals surface area (Å²) >= 11 is 0. The molecule has 0 fully saturated rings. The third-order valence-electron chi connectivity index (χ3n) is 2.66. The second kappa shape index (κ2) is 18.4. The molecule has 0 amide bonds. The van der Waals surface area contributed by atoms with Crippen molar-refractivity contribution in [2.24, 2.45) is 0 Å². The fourth-order valence-corrected chi connectivity index (χ4v) is 1.52.